The van der Waals surface area contributed by atoms with Crippen molar-refractivity contribution in [1.29, 1.82) is 0 Å². The molecule has 2 atom stereocenters. The Morgan fingerprint density at radius 1 is 1.17 bits per heavy atom. The Morgan fingerprint density at radius 2 is 1.88 bits per heavy atom. The molecular formula is C19H22N2O3. The van der Waals surface area contributed by atoms with Gasteiger partial charge in [0.15, 0.2) is 0 Å². The van der Waals surface area contributed by atoms with Gasteiger partial charge in [0.05, 0.1) is 6.10 Å². The minimum Gasteiger partial charge on any atom is -0.391 e. The summed E-state index contributed by atoms with van der Waals surface area (Å²) in [6.45, 7) is 1.86. The van der Waals surface area contributed by atoms with Crippen LogP contribution in [0.3, 0.4) is 0 Å². The minimum absolute atomic E-state index is 0.000428. The molecule has 24 heavy (non-hydrogen) atoms. The number of nitrogens with one attached hydrogen (secondary N) is 2. The average Bonchev–Trinajstić information content (AvgIpc) is 3.42. The van der Waals surface area contributed by atoms with Crippen molar-refractivity contribution in [3.8, 4) is 0 Å². The van der Waals surface area contributed by atoms with Gasteiger partial charge in [0.2, 0.25) is 11.8 Å². The van der Waals surface area contributed by atoms with Crippen LogP contribution in [0.5, 0.6) is 0 Å². The molecule has 1 aliphatic rings. The van der Waals surface area contributed by atoms with Crippen molar-refractivity contribution in [3.63, 3.8) is 0 Å². The highest BCUT2D eigenvalue weighted by atomic mass is 16.3. The highest BCUT2D eigenvalue weighted by Crippen LogP contribution is 2.29. The van der Waals surface area contributed by atoms with E-state index >= 15 is 0 Å². The van der Waals surface area contributed by atoms with Crippen molar-refractivity contribution in [2.45, 2.75) is 38.5 Å². The van der Waals surface area contributed by atoms with E-state index in [0.29, 0.717) is 6.54 Å². The largest absolute Gasteiger partial charge is 0.391 e. The zero-order chi connectivity index (χ0) is 17.1. The first-order valence-electron chi connectivity index (χ1n) is 8.28. The predicted octanol–water partition coefficient (Wildman–Crippen LogP) is 1.73. The topological polar surface area (TPSA) is 78.4 Å². The van der Waals surface area contributed by atoms with E-state index in [4.69, 9.17) is 0 Å². The molecule has 5 heteroatoms. The van der Waals surface area contributed by atoms with Gasteiger partial charge in [0.25, 0.3) is 0 Å². The first kappa shape index (κ1) is 16.5. The van der Waals surface area contributed by atoms with Gasteiger partial charge in [0, 0.05) is 12.5 Å². The van der Waals surface area contributed by atoms with E-state index in [1.54, 1.807) is 0 Å². The highest BCUT2D eigenvalue weighted by Gasteiger charge is 2.34. The van der Waals surface area contributed by atoms with E-state index in [-0.39, 0.29) is 17.7 Å². The van der Waals surface area contributed by atoms with Crippen molar-refractivity contribution >= 4 is 22.6 Å². The number of aliphatic hydroxyl groups excluding tert-OH is 1. The lowest BCUT2D eigenvalue weighted by Crippen LogP contribution is -2.52. The van der Waals surface area contributed by atoms with Crippen molar-refractivity contribution in [2.75, 3.05) is 0 Å². The molecule has 0 heterocycles. The lowest BCUT2D eigenvalue weighted by atomic mass is 10.1. The van der Waals surface area contributed by atoms with Gasteiger partial charge in [-0.1, -0.05) is 36.4 Å². The molecule has 3 rings (SSSR count). The second-order valence-corrected chi connectivity index (χ2v) is 6.40. The second kappa shape index (κ2) is 7.01. The molecule has 0 aliphatic heterocycles. The van der Waals surface area contributed by atoms with Crippen molar-refractivity contribution in [2.24, 2.45) is 5.92 Å². The molecule has 0 saturated heterocycles. The molecule has 0 aromatic heterocycles. The van der Waals surface area contributed by atoms with Crippen LogP contribution in [0.4, 0.5) is 0 Å². The number of amides is 2. The van der Waals surface area contributed by atoms with Crippen molar-refractivity contribution in [1.82, 2.24) is 10.6 Å². The molecular weight excluding hydrogens is 304 g/mol. The maximum atomic E-state index is 12.3. The van der Waals surface area contributed by atoms with Crippen molar-refractivity contribution < 1.29 is 14.7 Å². The molecule has 1 fully saturated rings. The van der Waals surface area contributed by atoms with Gasteiger partial charge in [-0.05, 0) is 42.2 Å². The lowest BCUT2D eigenvalue weighted by Gasteiger charge is -2.21. The predicted molar refractivity (Wildman–Crippen MR) is 92.1 cm³/mol. The van der Waals surface area contributed by atoms with Gasteiger partial charge in [-0.15, -0.1) is 0 Å². The van der Waals surface area contributed by atoms with E-state index < -0.39 is 12.1 Å². The molecule has 0 radical (unpaired) electrons. The fourth-order valence-corrected chi connectivity index (χ4v) is 2.67. The zero-order valence-corrected chi connectivity index (χ0v) is 13.7. The zero-order valence-electron chi connectivity index (χ0n) is 13.7. The number of rotatable bonds is 6. The van der Waals surface area contributed by atoms with E-state index in [1.165, 1.54) is 6.92 Å². The van der Waals surface area contributed by atoms with Crippen LogP contribution in [-0.4, -0.2) is 29.1 Å². The van der Waals surface area contributed by atoms with Gasteiger partial charge in [-0.2, -0.15) is 0 Å². The van der Waals surface area contributed by atoms with Gasteiger partial charge in [0.1, 0.15) is 6.04 Å². The third kappa shape index (κ3) is 3.92. The van der Waals surface area contributed by atoms with E-state index in [9.17, 15) is 14.7 Å². The molecule has 3 N–H and O–H groups in total. The molecule has 1 saturated carbocycles. The van der Waals surface area contributed by atoms with Gasteiger partial charge in [-0.3, -0.25) is 9.59 Å². The fraction of sp³-hybridized carbons (Fsp3) is 0.368. The first-order chi connectivity index (χ1) is 11.5. The summed E-state index contributed by atoms with van der Waals surface area (Å²) < 4.78 is 0. The summed E-state index contributed by atoms with van der Waals surface area (Å²) in [7, 11) is 0. The highest BCUT2D eigenvalue weighted by molar-refractivity contribution is 5.90. The lowest BCUT2D eigenvalue weighted by molar-refractivity contribution is -0.132. The SMILES string of the molecule is CC(O)C(NC(=O)C1CC1)C(=O)NCc1ccc2ccccc2c1. The molecule has 1 aliphatic carbocycles. The number of aliphatic hydroxyl groups is 1. The van der Waals surface area contributed by atoms with Crippen LogP contribution in [0.2, 0.25) is 0 Å². The average molecular weight is 326 g/mol. The van der Waals surface area contributed by atoms with Gasteiger partial charge >= 0.3 is 0 Å². The molecule has 0 bridgehead atoms. The summed E-state index contributed by atoms with van der Waals surface area (Å²) in [4.78, 5) is 24.2. The standard InChI is InChI=1S/C19H22N2O3/c1-12(22)17(21-18(23)15-8-9-15)19(24)20-11-13-6-7-14-4-2-3-5-16(14)10-13/h2-7,10,12,15,17,22H,8-9,11H2,1H3,(H,20,24)(H,21,23). The molecule has 126 valence electrons. The molecule has 5 nitrogen and oxygen atoms in total. The third-order valence-corrected chi connectivity index (χ3v) is 4.29. The molecule has 2 aromatic rings. The van der Waals surface area contributed by atoms with Crippen LogP contribution in [0, 0.1) is 5.92 Å². The van der Waals surface area contributed by atoms with Gasteiger partial charge in [-0.25, -0.2) is 0 Å². The van der Waals surface area contributed by atoms with Crippen LogP contribution in [0.1, 0.15) is 25.3 Å². The number of fused-ring (bicyclic) bond motifs is 1. The fourth-order valence-electron chi connectivity index (χ4n) is 2.67. The Kier molecular flexibility index (Phi) is 4.81. The Morgan fingerprint density at radius 3 is 2.54 bits per heavy atom. The number of benzene rings is 2. The Hall–Kier alpha value is -2.40. The number of carbonyl (C=O) groups is 2. The van der Waals surface area contributed by atoms with Crippen LogP contribution >= 0.6 is 0 Å². The number of hydrogen-bond acceptors (Lipinski definition) is 3. The maximum Gasteiger partial charge on any atom is 0.245 e. The monoisotopic (exact) mass is 326 g/mol. The first-order valence-corrected chi connectivity index (χ1v) is 8.28. The van der Waals surface area contributed by atoms with E-state index in [0.717, 1.165) is 29.2 Å². The van der Waals surface area contributed by atoms with Crippen LogP contribution < -0.4 is 10.6 Å². The molecule has 0 spiro atoms. The molecule has 2 amide bonds. The Balaban J connectivity index is 1.62. The number of hydrogen-bond donors (Lipinski definition) is 3. The minimum atomic E-state index is -0.940. The summed E-state index contributed by atoms with van der Waals surface area (Å²) >= 11 is 0. The van der Waals surface area contributed by atoms with Gasteiger partial charge < -0.3 is 15.7 Å². The number of carbonyl (C=O) groups excluding carboxylic acids is 2. The van der Waals surface area contributed by atoms with Crippen LogP contribution in [0.25, 0.3) is 10.8 Å². The van der Waals surface area contributed by atoms with Crippen LogP contribution in [0.15, 0.2) is 42.5 Å². The Labute approximate surface area is 141 Å². The third-order valence-electron chi connectivity index (χ3n) is 4.29. The smallest absolute Gasteiger partial charge is 0.245 e. The van der Waals surface area contributed by atoms with Crippen LogP contribution in [-0.2, 0) is 16.1 Å². The summed E-state index contributed by atoms with van der Waals surface area (Å²) in [5.74, 6) is -0.520. The normalized spacial score (nSPS) is 16.4. The van der Waals surface area contributed by atoms with E-state index in [2.05, 4.69) is 10.6 Å². The van der Waals surface area contributed by atoms with Crippen molar-refractivity contribution in [3.05, 3.63) is 48.0 Å². The summed E-state index contributed by atoms with van der Waals surface area (Å²) in [6, 6.07) is 13.1. The quantitative estimate of drug-likeness (QED) is 0.756. The summed E-state index contributed by atoms with van der Waals surface area (Å²) in [5, 5.41) is 17.5. The Bertz CT molecular complexity index is 753. The second-order valence-electron chi connectivity index (χ2n) is 6.40. The molecule has 2 unspecified atom stereocenters. The maximum absolute atomic E-state index is 12.3. The van der Waals surface area contributed by atoms with E-state index in [1.807, 2.05) is 42.5 Å². The summed E-state index contributed by atoms with van der Waals surface area (Å²) in [5.41, 5.74) is 0.972. The summed E-state index contributed by atoms with van der Waals surface area (Å²) in [6.07, 6.45) is 0.776. The molecule has 2 aromatic carbocycles.